The number of esters is 1. The van der Waals surface area contributed by atoms with Gasteiger partial charge in [0.2, 0.25) is 5.90 Å². The maximum absolute atomic E-state index is 12.3. The number of cyclic esters (lactones) is 1. The number of guanidine groups is 1. The molecule has 0 aliphatic carbocycles. The highest BCUT2D eigenvalue weighted by Gasteiger charge is 2.28. The minimum Gasteiger partial charge on any atom is -0.464 e. The molecule has 138 valence electrons. The topological polar surface area (TPSA) is 82.7 Å². The zero-order valence-corrected chi connectivity index (χ0v) is 14.7. The molecule has 1 aromatic carbocycles. The second kappa shape index (κ2) is 6.46. The molecular weight excluding hydrogens is 346 g/mol. The van der Waals surface area contributed by atoms with E-state index in [4.69, 9.17) is 9.15 Å². The Labute approximate surface area is 155 Å². The molecule has 1 N–H and O–H groups in total. The Balaban J connectivity index is 1.33. The van der Waals surface area contributed by atoms with E-state index in [9.17, 15) is 4.79 Å². The Morgan fingerprint density at radius 3 is 2.85 bits per heavy atom. The summed E-state index contributed by atoms with van der Waals surface area (Å²) in [6, 6.07) is 7.55. The Hall–Kier alpha value is -3.29. The summed E-state index contributed by atoms with van der Waals surface area (Å²) in [5.41, 5.74) is 1.67. The summed E-state index contributed by atoms with van der Waals surface area (Å²) in [5, 5.41) is 4.24. The van der Waals surface area contributed by atoms with Gasteiger partial charge in [0.1, 0.15) is 5.58 Å². The zero-order valence-electron chi connectivity index (χ0n) is 14.7. The number of para-hydroxylation sites is 1. The fourth-order valence-electron chi connectivity index (χ4n) is 3.51. The number of nitrogens with zero attached hydrogens (tertiary/aromatic N) is 4. The molecule has 0 atom stereocenters. The molecule has 2 aromatic rings. The molecule has 8 nitrogen and oxygen atoms in total. The van der Waals surface area contributed by atoms with Crippen LogP contribution in [0.4, 0.5) is 0 Å². The van der Waals surface area contributed by atoms with E-state index in [-0.39, 0.29) is 5.90 Å². The minimum absolute atomic E-state index is 0.287. The summed E-state index contributed by atoms with van der Waals surface area (Å²) in [6.45, 7) is 5.06. The molecule has 0 spiro atoms. The van der Waals surface area contributed by atoms with Crippen LogP contribution in [0.15, 0.2) is 56.8 Å². The molecule has 0 unspecified atom stereocenters. The van der Waals surface area contributed by atoms with Crippen molar-refractivity contribution in [2.24, 2.45) is 9.98 Å². The van der Waals surface area contributed by atoms with Gasteiger partial charge < -0.3 is 24.3 Å². The van der Waals surface area contributed by atoms with Gasteiger partial charge in [0.05, 0.1) is 18.4 Å². The van der Waals surface area contributed by atoms with Crippen LogP contribution in [-0.4, -0.2) is 66.9 Å². The third-order valence-electron chi connectivity index (χ3n) is 4.91. The number of carbonyl (C=O) groups is 1. The van der Waals surface area contributed by atoms with Gasteiger partial charge in [-0.25, -0.2) is 9.79 Å². The first-order valence-corrected chi connectivity index (χ1v) is 9.04. The molecule has 3 aliphatic heterocycles. The van der Waals surface area contributed by atoms with Crippen molar-refractivity contribution in [2.75, 3.05) is 39.3 Å². The maximum atomic E-state index is 12.3. The van der Waals surface area contributed by atoms with Crippen LogP contribution < -0.4 is 5.32 Å². The van der Waals surface area contributed by atoms with E-state index in [0.29, 0.717) is 16.8 Å². The smallest absolute Gasteiger partial charge is 0.365 e. The van der Waals surface area contributed by atoms with Gasteiger partial charge in [-0.05, 0) is 12.1 Å². The standard InChI is InChI=1S/C19H19N5O3/c25-18-15(12-23-7-9-24(10-8-23)19-20-5-6-21-19)22-17(27-18)14-3-1-2-13-4-11-26-16(13)14/h1-4,11-12H,5-10H2,(H,20,21)/b15-12+. The molecule has 27 heavy (non-hydrogen) atoms. The van der Waals surface area contributed by atoms with Crippen molar-refractivity contribution in [1.82, 2.24) is 15.1 Å². The zero-order chi connectivity index (χ0) is 18.2. The molecule has 3 aliphatic rings. The van der Waals surface area contributed by atoms with E-state index in [1.165, 1.54) is 0 Å². The number of furan rings is 1. The van der Waals surface area contributed by atoms with Gasteiger partial charge >= 0.3 is 5.97 Å². The van der Waals surface area contributed by atoms with Crippen LogP contribution in [0.3, 0.4) is 0 Å². The minimum atomic E-state index is -0.433. The number of nitrogens with one attached hydrogen (secondary N) is 1. The Morgan fingerprint density at radius 1 is 1.15 bits per heavy atom. The Morgan fingerprint density at radius 2 is 2.04 bits per heavy atom. The first-order valence-electron chi connectivity index (χ1n) is 9.04. The quantitative estimate of drug-likeness (QED) is 0.635. The number of rotatable bonds is 2. The van der Waals surface area contributed by atoms with Gasteiger partial charge in [0, 0.05) is 44.3 Å². The van der Waals surface area contributed by atoms with Crippen LogP contribution in [0.2, 0.25) is 0 Å². The normalized spacial score (nSPS) is 21.5. The van der Waals surface area contributed by atoms with Crippen molar-refractivity contribution < 1.29 is 13.9 Å². The van der Waals surface area contributed by atoms with Crippen LogP contribution in [0, 0.1) is 0 Å². The highest BCUT2D eigenvalue weighted by atomic mass is 16.6. The van der Waals surface area contributed by atoms with Crippen LogP contribution in [0.5, 0.6) is 0 Å². The molecule has 0 bridgehead atoms. The first kappa shape index (κ1) is 15.9. The summed E-state index contributed by atoms with van der Waals surface area (Å²) in [5.74, 6) is 0.835. The predicted molar refractivity (Wildman–Crippen MR) is 100 cm³/mol. The average molecular weight is 365 g/mol. The van der Waals surface area contributed by atoms with Crippen molar-refractivity contribution in [3.05, 3.63) is 48.0 Å². The van der Waals surface area contributed by atoms with Gasteiger partial charge in [-0.15, -0.1) is 0 Å². The van der Waals surface area contributed by atoms with E-state index in [0.717, 1.165) is 50.6 Å². The molecular formula is C19H19N5O3. The lowest BCUT2D eigenvalue weighted by Gasteiger charge is -2.35. The molecule has 0 radical (unpaired) electrons. The fraction of sp³-hybridized carbons (Fsp3) is 0.316. The van der Waals surface area contributed by atoms with Gasteiger partial charge in [0.15, 0.2) is 11.7 Å². The average Bonchev–Trinajstić information content (AvgIpc) is 3.43. The molecule has 1 aromatic heterocycles. The summed E-state index contributed by atoms with van der Waals surface area (Å²) >= 11 is 0. The lowest BCUT2D eigenvalue weighted by Crippen LogP contribution is -2.50. The molecule has 0 amide bonds. The van der Waals surface area contributed by atoms with Gasteiger partial charge in [-0.2, -0.15) is 0 Å². The number of benzene rings is 1. The Kier molecular flexibility index (Phi) is 3.81. The summed E-state index contributed by atoms with van der Waals surface area (Å²) in [4.78, 5) is 25.5. The third kappa shape index (κ3) is 2.92. The lowest BCUT2D eigenvalue weighted by molar-refractivity contribution is -0.130. The summed E-state index contributed by atoms with van der Waals surface area (Å²) < 4.78 is 10.9. The summed E-state index contributed by atoms with van der Waals surface area (Å²) in [7, 11) is 0. The number of fused-ring (bicyclic) bond motifs is 1. The number of aliphatic imine (C=N–C) groups is 2. The number of ether oxygens (including phenoxy) is 1. The number of piperazine rings is 1. The van der Waals surface area contributed by atoms with Crippen molar-refractivity contribution >= 4 is 28.8 Å². The van der Waals surface area contributed by atoms with E-state index >= 15 is 0 Å². The molecule has 5 rings (SSSR count). The molecule has 1 fully saturated rings. The lowest BCUT2D eigenvalue weighted by atomic mass is 10.1. The second-order valence-corrected chi connectivity index (χ2v) is 6.62. The number of hydrogen-bond donors (Lipinski definition) is 1. The van der Waals surface area contributed by atoms with Crippen molar-refractivity contribution in [1.29, 1.82) is 0 Å². The Bertz CT molecular complexity index is 982. The fourth-order valence-corrected chi connectivity index (χ4v) is 3.51. The molecule has 0 saturated carbocycles. The van der Waals surface area contributed by atoms with Crippen LogP contribution in [0.1, 0.15) is 5.56 Å². The van der Waals surface area contributed by atoms with Gasteiger partial charge in [-0.1, -0.05) is 12.1 Å². The highest BCUT2D eigenvalue weighted by molar-refractivity contribution is 6.15. The van der Waals surface area contributed by atoms with E-state index in [1.807, 2.05) is 24.3 Å². The van der Waals surface area contributed by atoms with E-state index in [2.05, 4.69) is 25.1 Å². The second-order valence-electron chi connectivity index (χ2n) is 6.62. The third-order valence-corrected chi connectivity index (χ3v) is 4.91. The number of hydrogen-bond acceptors (Lipinski definition) is 8. The van der Waals surface area contributed by atoms with E-state index < -0.39 is 5.97 Å². The molecule has 1 saturated heterocycles. The molecule has 4 heterocycles. The van der Waals surface area contributed by atoms with Crippen molar-refractivity contribution in [3.63, 3.8) is 0 Å². The van der Waals surface area contributed by atoms with Crippen molar-refractivity contribution in [2.45, 2.75) is 0 Å². The van der Waals surface area contributed by atoms with Crippen LogP contribution >= 0.6 is 0 Å². The van der Waals surface area contributed by atoms with E-state index in [1.54, 1.807) is 12.5 Å². The van der Waals surface area contributed by atoms with Crippen molar-refractivity contribution in [3.8, 4) is 0 Å². The maximum Gasteiger partial charge on any atom is 0.365 e. The molecule has 8 heteroatoms. The first-order chi connectivity index (χ1) is 13.3. The van der Waals surface area contributed by atoms with Crippen LogP contribution in [-0.2, 0) is 9.53 Å². The van der Waals surface area contributed by atoms with Gasteiger partial charge in [0.25, 0.3) is 0 Å². The highest BCUT2D eigenvalue weighted by Crippen LogP contribution is 2.25. The number of carbonyl (C=O) groups excluding carboxylic acids is 1. The monoisotopic (exact) mass is 365 g/mol. The predicted octanol–water partition coefficient (Wildman–Crippen LogP) is 1.15. The SMILES string of the molecule is O=C1OC(c2cccc3ccoc23)=N/C1=C/N1CCN(C2=NCCN2)CC1. The van der Waals surface area contributed by atoms with Gasteiger partial charge in [-0.3, -0.25) is 4.99 Å². The largest absolute Gasteiger partial charge is 0.464 e. The van der Waals surface area contributed by atoms with Crippen LogP contribution in [0.25, 0.3) is 11.0 Å². The summed E-state index contributed by atoms with van der Waals surface area (Å²) in [6.07, 6.45) is 3.41.